The van der Waals surface area contributed by atoms with Gasteiger partial charge in [0.05, 0.1) is 6.61 Å². The summed E-state index contributed by atoms with van der Waals surface area (Å²) >= 11 is 0. The number of hydrogen-bond acceptors (Lipinski definition) is 3. The van der Waals surface area contributed by atoms with E-state index in [0.29, 0.717) is 5.56 Å². The average Bonchev–Trinajstić information content (AvgIpc) is 2.29. The molecule has 0 bridgehead atoms. The number of amides is 2. The minimum atomic E-state index is -0.769. The molecular weight excluding hydrogens is 227 g/mol. The van der Waals surface area contributed by atoms with Crippen molar-refractivity contribution in [1.29, 1.82) is 0 Å². The van der Waals surface area contributed by atoms with Crippen molar-refractivity contribution in [1.82, 2.24) is 10.9 Å². The second-order valence-electron chi connectivity index (χ2n) is 3.26. The Morgan fingerprint density at radius 2 is 2.06 bits per heavy atom. The summed E-state index contributed by atoms with van der Waals surface area (Å²) < 4.78 is 17.5. The van der Waals surface area contributed by atoms with Gasteiger partial charge >= 0.3 is 6.09 Å². The van der Waals surface area contributed by atoms with Gasteiger partial charge in [0.15, 0.2) is 0 Å². The molecular formula is C11H13FN2O3. The maximum Gasteiger partial charge on any atom is 0.426 e. The topological polar surface area (TPSA) is 67.4 Å². The number of rotatable bonds is 2. The van der Waals surface area contributed by atoms with E-state index in [1.165, 1.54) is 12.1 Å². The molecule has 17 heavy (non-hydrogen) atoms. The Labute approximate surface area is 97.9 Å². The fourth-order valence-corrected chi connectivity index (χ4v) is 1.18. The van der Waals surface area contributed by atoms with Crippen molar-refractivity contribution in [3.05, 3.63) is 35.1 Å². The molecule has 0 unspecified atom stereocenters. The average molecular weight is 240 g/mol. The highest BCUT2D eigenvalue weighted by molar-refractivity contribution is 5.96. The molecule has 0 atom stereocenters. The first kappa shape index (κ1) is 13.0. The van der Waals surface area contributed by atoms with Crippen LogP contribution < -0.4 is 10.9 Å². The van der Waals surface area contributed by atoms with Crippen LogP contribution in [0, 0.1) is 12.7 Å². The van der Waals surface area contributed by atoms with Crippen LogP contribution in [-0.4, -0.2) is 18.6 Å². The summed E-state index contributed by atoms with van der Waals surface area (Å²) in [6.45, 7) is 3.50. The molecule has 0 saturated carbocycles. The second kappa shape index (κ2) is 5.83. The van der Waals surface area contributed by atoms with Crippen LogP contribution in [0.5, 0.6) is 0 Å². The lowest BCUT2D eigenvalue weighted by atomic mass is 10.1. The lowest BCUT2D eigenvalue weighted by Gasteiger charge is -2.08. The molecule has 0 aromatic heterocycles. The first-order valence-corrected chi connectivity index (χ1v) is 5.04. The van der Waals surface area contributed by atoms with Gasteiger partial charge in [-0.25, -0.2) is 14.6 Å². The Balaban J connectivity index is 2.64. The number of nitrogens with one attached hydrogen (secondary N) is 2. The number of carbonyl (C=O) groups excluding carboxylic acids is 2. The van der Waals surface area contributed by atoms with Crippen molar-refractivity contribution in [3.63, 3.8) is 0 Å². The SMILES string of the molecule is CCOC(=O)NNC(=O)c1cc(F)ccc1C. The van der Waals surface area contributed by atoms with Crippen LogP contribution in [-0.2, 0) is 4.74 Å². The molecule has 0 aliphatic carbocycles. The van der Waals surface area contributed by atoms with Gasteiger partial charge in [0.2, 0.25) is 0 Å². The fraction of sp³-hybridized carbons (Fsp3) is 0.273. The highest BCUT2D eigenvalue weighted by Crippen LogP contribution is 2.09. The van der Waals surface area contributed by atoms with Crippen LogP contribution in [0.2, 0.25) is 0 Å². The third-order valence-electron chi connectivity index (χ3n) is 2.00. The van der Waals surface area contributed by atoms with E-state index in [1.807, 2.05) is 5.43 Å². The molecule has 0 fully saturated rings. The van der Waals surface area contributed by atoms with Crippen molar-refractivity contribution in [2.45, 2.75) is 13.8 Å². The summed E-state index contributed by atoms with van der Waals surface area (Å²) in [4.78, 5) is 22.5. The van der Waals surface area contributed by atoms with Crippen LogP contribution in [0.4, 0.5) is 9.18 Å². The van der Waals surface area contributed by atoms with Gasteiger partial charge in [-0.05, 0) is 31.5 Å². The molecule has 92 valence electrons. The van der Waals surface area contributed by atoms with Crippen molar-refractivity contribution < 1.29 is 18.7 Å². The molecule has 0 radical (unpaired) electrons. The molecule has 2 amide bonds. The minimum Gasteiger partial charge on any atom is -0.449 e. The summed E-state index contributed by atoms with van der Waals surface area (Å²) in [7, 11) is 0. The van der Waals surface area contributed by atoms with Gasteiger partial charge < -0.3 is 4.74 Å². The lowest BCUT2D eigenvalue weighted by molar-refractivity contribution is 0.0911. The number of carbonyl (C=O) groups is 2. The van der Waals surface area contributed by atoms with Gasteiger partial charge in [0, 0.05) is 5.56 Å². The van der Waals surface area contributed by atoms with Crippen LogP contribution >= 0.6 is 0 Å². The zero-order valence-corrected chi connectivity index (χ0v) is 9.54. The molecule has 2 N–H and O–H groups in total. The van der Waals surface area contributed by atoms with Crippen molar-refractivity contribution in [2.24, 2.45) is 0 Å². The Morgan fingerprint density at radius 3 is 2.71 bits per heavy atom. The Hall–Kier alpha value is -2.11. The maximum absolute atomic E-state index is 12.9. The fourth-order valence-electron chi connectivity index (χ4n) is 1.18. The standard InChI is InChI=1S/C11H13FN2O3/c1-3-17-11(16)14-13-10(15)9-6-8(12)5-4-7(9)2/h4-6H,3H2,1-2H3,(H,13,15)(H,14,16). The summed E-state index contributed by atoms with van der Waals surface area (Å²) in [5.41, 5.74) is 4.93. The van der Waals surface area contributed by atoms with Crippen molar-refractivity contribution >= 4 is 12.0 Å². The molecule has 0 saturated heterocycles. The predicted octanol–water partition coefficient (Wildman–Crippen LogP) is 1.53. The summed E-state index contributed by atoms with van der Waals surface area (Å²) in [6, 6.07) is 3.83. The molecule has 1 rings (SSSR count). The van der Waals surface area contributed by atoms with Crippen LogP contribution in [0.3, 0.4) is 0 Å². The summed E-state index contributed by atoms with van der Waals surface area (Å²) in [5.74, 6) is -1.12. The monoisotopic (exact) mass is 240 g/mol. The van der Waals surface area contributed by atoms with Gasteiger partial charge in [-0.15, -0.1) is 0 Å². The number of hydrogen-bond donors (Lipinski definition) is 2. The first-order chi connectivity index (χ1) is 8.04. The van der Waals surface area contributed by atoms with Gasteiger partial charge in [-0.3, -0.25) is 10.2 Å². The molecule has 1 aromatic carbocycles. The zero-order valence-electron chi connectivity index (χ0n) is 9.54. The van der Waals surface area contributed by atoms with E-state index in [-0.39, 0.29) is 12.2 Å². The van der Waals surface area contributed by atoms with Gasteiger partial charge in [0.25, 0.3) is 5.91 Å². The van der Waals surface area contributed by atoms with Crippen LogP contribution in [0.25, 0.3) is 0 Å². The van der Waals surface area contributed by atoms with E-state index in [1.54, 1.807) is 13.8 Å². The number of ether oxygens (including phenoxy) is 1. The highest BCUT2D eigenvalue weighted by Gasteiger charge is 2.11. The number of hydrazine groups is 1. The van der Waals surface area contributed by atoms with E-state index < -0.39 is 17.8 Å². The number of benzene rings is 1. The van der Waals surface area contributed by atoms with Crippen molar-refractivity contribution in [2.75, 3.05) is 6.61 Å². The Kier molecular flexibility index (Phi) is 4.45. The maximum atomic E-state index is 12.9. The van der Waals surface area contributed by atoms with Crippen LogP contribution in [0.15, 0.2) is 18.2 Å². The predicted molar refractivity (Wildman–Crippen MR) is 58.8 cm³/mol. The Morgan fingerprint density at radius 1 is 1.35 bits per heavy atom. The third kappa shape index (κ3) is 3.75. The molecule has 0 heterocycles. The number of halogens is 1. The summed E-state index contributed by atoms with van der Waals surface area (Å²) in [6.07, 6.45) is -0.769. The van der Waals surface area contributed by atoms with Gasteiger partial charge in [-0.2, -0.15) is 0 Å². The lowest BCUT2D eigenvalue weighted by Crippen LogP contribution is -2.42. The van der Waals surface area contributed by atoms with E-state index in [4.69, 9.17) is 0 Å². The smallest absolute Gasteiger partial charge is 0.426 e. The zero-order chi connectivity index (χ0) is 12.8. The van der Waals surface area contributed by atoms with E-state index in [9.17, 15) is 14.0 Å². The number of aryl methyl sites for hydroxylation is 1. The molecule has 1 aromatic rings. The normalized spacial score (nSPS) is 9.59. The molecule has 0 spiro atoms. The van der Waals surface area contributed by atoms with E-state index >= 15 is 0 Å². The minimum absolute atomic E-state index is 0.154. The van der Waals surface area contributed by atoms with Gasteiger partial charge in [0.1, 0.15) is 5.82 Å². The molecule has 0 aliphatic rings. The summed E-state index contributed by atoms with van der Waals surface area (Å²) in [5, 5.41) is 0. The van der Waals surface area contributed by atoms with Gasteiger partial charge in [-0.1, -0.05) is 6.07 Å². The molecule has 6 heteroatoms. The van der Waals surface area contributed by atoms with E-state index in [2.05, 4.69) is 10.2 Å². The van der Waals surface area contributed by atoms with Crippen LogP contribution in [0.1, 0.15) is 22.8 Å². The third-order valence-corrected chi connectivity index (χ3v) is 2.00. The first-order valence-electron chi connectivity index (χ1n) is 5.04. The molecule has 0 aliphatic heterocycles. The second-order valence-corrected chi connectivity index (χ2v) is 3.26. The van der Waals surface area contributed by atoms with Crippen molar-refractivity contribution in [3.8, 4) is 0 Å². The highest BCUT2D eigenvalue weighted by atomic mass is 19.1. The molecule has 5 nitrogen and oxygen atoms in total. The largest absolute Gasteiger partial charge is 0.449 e. The Bertz CT molecular complexity index is 435. The van der Waals surface area contributed by atoms with E-state index in [0.717, 1.165) is 6.07 Å². The quantitative estimate of drug-likeness (QED) is 0.770.